The molecule has 0 radical (unpaired) electrons. The number of hydrogen-bond donors (Lipinski definition) is 1. The minimum absolute atomic E-state index is 0.00731. The summed E-state index contributed by atoms with van der Waals surface area (Å²) in [5.41, 5.74) is 0. The van der Waals surface area contributed by atoms with E-state index in [-0.39, 0.29) is 24.3 Å². The minimum atomic E-state index is -0.586. The van der Waals surface area contributed by atoms with Crippen molar-refractivity contribution in [3.8, 4) is 0 Å². The highest BCUT2D eigenvalue weighted by molar-refractivity contribution is 5.75. The average Bonchev–Trinajstić information content (AvgIpc) is 3.29. The normalized spacial score (nSPS) is 16.0. The molecule has 0 aromatic carbocycles. The third kappa shape index (κ3) is 4.24. The summed E-state index contributed by atoms with van der Waals surface area (Å²) in [4.78, 5) is 24.5. The van der Waals surface area contributed by atoms with Gasteiger partial charge in [0.05, 0.1) is 23.4 Å². The van der Waals surface area contributed by atoms with E-state index >= 15 is 0 Å². The molecule has 25 heavy (non-hydrogen) atoms. The topological polar surface area (TPSA) is 106 Å². The molecule has 0 spiro atoms. The van der Waals surface area contributed by atoms with Crippen LogP contribution in [0.15, 0.2) is 28.8 Å². The second-order valence-electron chi connectivity index (χ2n) is 6.14. The Morgan fingerprint density at radius 3 is 2.76 bits per heavy atom. The molecule has 3 heterocycles. The molecule has 134 valence electrons. The molecule has 0 unspecified atom stereocenters. The van der Waals surface area contributed by atoms with Gasteiger partial charge in [0.1, 0.15) is 18.1 Å². The number of hydrogen-bond acceptors (Lipinski definition) is 6. The largest absolute Gasteiger partial charge is 0.465 e. The maximum atomic E-state index is 12.2. The standard InChI is InChI=1S/C16H21N5O4/c1-12-4-5-14(25-12)13(19-7-2-3-8-19)10-17-16(22)11-20-9-6-15(18-20)21(23)24/h4-6,9,13H,2-3,7-8,10-11H2,1H3,(H,17,22)/t13-/m0/s1. The second-order valence-corrected chi connectivity index (χ2v) is 6.14. The molecule has 0 bridgehead atoms. The van der Waals surface area contributed by atoms with Crippen LogP contribution in [0.1, 0.15) is 30.4 Å². The van der Waals surface area contributed by atoms with Crippen LogP contribution in [0.2, 0.25) is 0 Å². The van der Waals surface area contributed by atoms with Crippen LogP contribution in [0.4, 0.5) is 5.82 Å². The van der Waals surface area contributed by atoms with Crippen molar-refractivity contribution in [2.45, 2.75) is 32.4 Å². The minimum Gasteiger partial charge on any atom is -0.465 e. The summed E-state index contributed by atoms with van der Waals surface area (Å²) in [7, 11) is 0. The Morgan fingerprint density at radius 2 is 2.16 bits per heavy atom. The number of amides is 1. The monoisotopic (exact) mass is 347 g/mol. The number of aromatic nitrogens is 2. The van der Waals surface area contributed by atoms with Crippen LogP contribution in [-0.4, -0.2) is 45.1 Å². The fraction of sp³-hybridized carbons (Fsp3) is 0.500. The quantitative estimate of drug-likeness (QED) is 0.603. The first kappa shape index (κ1) is 17.2. The lowest BCUT2D eigenvalue weighted by molar-refractivity contribution is -0.389. The van der Waals surface area contributed by atoms with Crippen molar-refractivity contribution in [1.29, 1.82) is 0 Å². The highest BCUT2D eigenvalue weighted by Gasteiger charge is 2.26. The molecular weight excluding hydrogens is 326 g/mol. The van der Waals surface area contributed by atoms with Crippen molar-refractivity contribution in [3.63, 3.8) is 0 Å². The van der Waals surface area contributed by atoms with E-state index < -0.39 is 4.92 Å². The first-order valence-electron chi connectivity index (χ1n) is 8.28. The van der Waals surface area contributed by atoms with Gasteiger partial charge in [-0.3, -0.25) is 9.69 Å². The molecule has 3 rings (SSSR count). The highest BCUT2D eigenvalue weighted by Crippen LogP contribution is 2.26. The molecule has 9 heteroatoms. The van der Waals surface area contributed by atoms with Crippen molar-refractivity contribution in [1.82, 2.24) is 20.0 Å². The Labute approximate surface area is 144 Å². The number of nitrogens with one attached hydrogen (secondary N) is 1. The number of aryl methyl sites for hydroxylation is 1. The number of likely N-dealkylation sites (tertiary alicyclic amines) is 1. The van der Waals surface area contributed by atoms with Crippen LogP contribution in [0.5, 0.6) is 0 Å². The number of rotatable bonds is 7. The van der Waals surface area contributed by atoms with Gasteiger partial charge in [0.25, 0.3) is 0 Å². The van der Waals surface area contributed by atoms with Gasteiger partial charge in [-0.15, -0.1) is 0 Å². The molecule has 0 aliphatic carbocycles. The van der Waals surface area contributed by atoms with E-state index in [1.807, 2.05) is 19.1 Å². The van der Waals surface area contributed by atoms with Crippen LogP contribution >= 0.6 is 0 Å². The summed E-state index contributed by atoms with van der Waals surface area (Å²) < 4.78 is 7.01. The van der Waals surface area contributed by atoms with Gasteiger partial charge in [-0.2, -0.15) is 4.68 Å². The highest BCUT2D eigenvalue weighted by atomic mass is 16.6. The summed E-state index contributed by atoms with van der Waals surface area (Å²) in [5, 5.41) is 17.3. The van der Waals surface area contributed by atoms with E-state index in [9.17, 15) is 14.9 Å². The van der Waals surface area contributed by atoms with E-state index in [0.717, 1.165) is 37.5 Å². The van der Waals surface area contributed by atoms with Gasteiger partial charge in [-0.25, -0.2) is 0 Å². The molecule has 2 aromatic heterocycles. The summed E-state index contributed by atoms with van der Waals surface area (Å²) in [6.45, 7) is 4.22. The molecule has 2 aromatic rings. The summed E-state index contributed by atoms with van der Waals surface area (Å²) in [6, 6.07) is 5.13. The Balaban J connectivity index is 1.59. The van der Waals surface area contributed by atoms with E-state index in [2.05, 4.69) is 15.3 Å². The van der Waals surface area contributed by atoms with Crippen molar-refractivity contribution in [2.24, 2.45) is 0 Å². The van der Waals surface area contributed by atoms with Crippen LogP contribution in [-0.2, 0) is 11.3 Å². The zero-order chi connectivity index (χ0) is 17.8. The van der Waals surface area contributed by atoms with Crippen LogP contribution in [0, 0.1) is 17.0 Å². The first-order chi connectivity index (χ1) is 12.0. The number of nitrogens with zero attached hydrogens (tertiary/aromatic N) is 4. The fourth-order valence-corrected chi connectivity index (χ4v) is 3.05. The first-order valence-corrected chi connectivity index (χ1v) is 8.28. The van der Waals surface area contributed by atoms with Gasteiger partial charge in [0.15, 0.2) is 0 Å². The lowest BCUT2D eigenvalue weighted by Gasteiger charge is -2.26. The SMILES string of the molecule is Cc1ccc([C@H](CNC(=O)Cn2ccc([N+](=O)[O-])n2)N2CCCC2)o1. The van der Waals surface area contributed by atoms with Gasteiger partial charge in [-0.1, -0.05) is 0 Å². The molecule has 0 saturated carbocycles. The molecule has 1 fully saturated rings. The summed E-state index contributed by atoms with van der Waals surface area (Å²) in [6.07, 6.45) is 3.70. The lowest BCUT2D eigenvalue weighted by Crippen LogP contribution is -2.38. The maximum Gasteiger partial charge on any atom is 0.389 e. The van der Waals surface area contributed by atoms with E-state index in [1.54, 1.807) is 0 Å². The molecule has 1 amide bonds. The van der Waals surface area contributed by atoms with Gasteiger partial charge < -0.3 is 19.8 Å². The number of carbonyl (C=O) groups is 1. The number of nitro groups is 1. The third-order valence-corrected chi connectivity index (χ3v) is 4.28. The van der Waals surface area contributed by atoms with Crippen molar-refractivity contribution in [2.75, 3.05) is 19.6 Å². The van der Waals surface area contributed by atoms with Gasteiger partial charge in [0, 0.05) is 6.54 Å². The zero-order valence-electron chi connectivity index (χ0n) is 14.1. The maximum absolute atomic E-state index is 12.2. The molecule has 9 nitrogen and oxygen atoms in total. The van der Waals surface area contributed by atoms with E-state index in [0.29, 0.717) is 6.54 Å². The van der Waals surface area contributed by atoms with Crippen molar-refractivity contribution >= 4 is 11.7 Å². The Hall–Kier alpha value is -2.68. The van der Waals surface area contributed by atoms with Crippen molar-refractivity contribution < 1.29 is 14.1 Å². The zero-order valence-corrected chi connectivity index (χ0v) is 14.1. The Morgan fingerprint density at radius 1 is 1.40 bits per heavy atom. The average molecular weight is 347 g/mol. The number of carbonyl (C=O) groups excluding carboxylic acids is 1. The summed E-state index contributed by atoms with van der Waals surface area (Å²) >= 11 is 0. The lowest BCUT2D eigenvalue weighted by atomic mass is 10.2. The van der Waals surface area contributed by atoms with Crippen LogP contribution in [0.25, 0.3) is 0 Å². The Bertz CT molecular complexity index is 747. The van der Waals surface area contributed by atoms with Gasteiger partial charge in [-0.05, 0) is 49.9 Å². The molecular formula is C16H21N5O4. The van der Waals surface area contributed by atoms with E-state index in [1.165, 1.54) is 16.9 Å². The summed E-state index contributed by atoms with van der Waals surface area (Å²) in [5.74, 6) is 1.17. The fourth-order valence-electron chi connectivity index (χ4n) is 3.05. The van der Waals surface area contributed by atoms with Crippen LogP contribution in [0.3, 0.4) is 0 Å². The van der Waals surface area contributed by atoms with Crippen LogP contribution < -0.4 is 5.32 Å². The molecule has 1 saturated heterocycles. The van der Waals surface area contributed by atoms with Crippen molar-refractivity contribution in [3.05, 3.63) is 46.0 Å². The third-order valence-electron chi connectivity index (χ3n) is 4.28. The smallest absolute Gasteiger partial charge is 0.389 e. The van der Waals surface area contributed by atoms with E-state index in [4.69, 9.17) is 4.42 Å². The predicted octanol–water partition coefficient (Wildman–Crippen LogP) is 1.65. The predicted molar refractivity (Wildman–Crippen MR) is 88.9 cm³/mol. The second kappa shape index (κ2) is 7.47. The molecule has 1 N–H and O–H groups in total. The number of furan rings is 1. The van der Waals surface area contributed by atoms with Gasteiger partial charge in [0.2, 0.25) is 5.91 Å². The molecule has 1 atom stereocenters. The van der Waals surface area contributed by atoms with Gasteiger partial charge >= 0.3 is 5.82 Å². The molecule has 1 aliphatic heterocycles. The Kier molecular flexibility index (Phi) is 5.13. The molecule has 1 aliphatic rings.